The van der Waals surface area contributed by atoms with Crippen molar-refractivity contribution >= 4 is 23.3 Å². The Hall–Kier alpha value is -2.37. The van der Waals surface area contributed by atoms with Crippen molar-refractivity contribution in [1.82, 2.24) is 0 Å². The highest BCUT2D eigenvalue weighted by Crippen LogP contribution is 2.31. The van der Waals surface area contributed by atoms with Crippen LogP contribution in [-0.4, -0.2) is 29.4 Å². The minimum Gasteiger partial charge on any atom is -0.482 e. The quantitative estimate of drug-likeness (QED) is 0.633. The van der Waals surface area contributed by atoms with Gasteiger partial charge in [-0.05, 0) is 32.0 Å². The van der Waals surface area contributed by atoms with Gasteiger partial charge in [0.2, 0.25) is 0 Å². The molecule has 2 N–H and O–H groups in total. The summed E-state index contributed by atoms with van der Waals surface area (Å²) in [6, 6.07) is 4.46. The predicted molar refractivity (Wildman–Crippen MR) is 66.3 cm³/mol. The zero-order valence-electron chi connectivity index (χ0n) is 10.5. The highest BCUT2D eigenvalue weighted by atomic mass is 16.5. The lowest BCUT2D eigenvalue weighted by Crippen LogP contribution is -2.33. The average molecular weight is 263 g/mol. The van der Waals surface area contributed by atoms with Gasteiger partial charge in [-0.1, -0.05) is 0 Å². The number of hydrogen-bond acceptors (Lipinski definition) is 4. The first-order valence-electron chi connectivity index (χ1n) is 5.67. The number of anilines is 1. The van der Waals surface area contributed by atoms with Gasteiger partial charge >= 0.3 is 5.97 Å². The number of ether oxygens (including phenoxy) is 1. The maximum absolute atomic E-state index is 12.1. The van der Waals surface area contributed by atoms with Crippen LogP contribution in [0.25, 0.3) is 0 Å². The molecule has 1 aliphatic rings. The third kappa shape index (κ3) is 2.29. The minimum atomic E-state index is -1.52. The van der Waals surface area contributed by atoms with Crippen LogP contribution in [0.15, 0.2) is 18.2 Å². The van der Waals surface area contributed by atoms with Crippen LogP contribution in [0.2, 0.25) is 0 Å². The molecular weight excluding hydrogens is 250 g/mol. The highest BCUT2D eigenvalue weighted by Gasteiger charge is 2.37. The standard InChI is InChI=1S/C13H13NO5/c1-13(2,12(17)18)11(16)7-3-4-9-8(5-7)14-10(15)6-19-9/h3-5H,6H2,1-2H3,(H,14,15)(H,17,18). The second-order valence-corrected chi connectivity index (χ2v) is 4.81. The van der Waals surface area contributed by atoms with E-state index >= 15 is 0 Å². The van der Waals surface area contributed by atoms with Crippen LogP contribution in [0.5, 0.6) is 5.75 Å². The van der Waals surface area contributed by atoms with Gasteiger partial charge in [0.1, 0.15) is 11.2 Å². The predicted octanol–water partition coefficient (Wildman–Crippen LogP) is 1.31. The first-order chi connectivity index (χ1) is 8.82. The van der Waals surface area contributed by atoms with E-state index in [-0.39, 0.29) is 18.1 Å². The first kappa shape index (κ1) is 13.1. The number of aliphatic carboxylic acids is 1. The molecule has 0 bridgehead atoms. The molecule has 0 atom stereocenters. The van der Waals surface area contributed by atoms with Crippen LogP contribution in [0.3, 0.4) is 0 Å². The number of rotatable bonds is 3. The van der Waals surface area contributed by atoms with Gasteiger partial charge in [0, 0.05) is 5.56 Å². The van der Waals surface area contributed by atoms with Crippen LogP contribution >= 0.6 is 0 Å². The number of fused-ring (bicyclic) bond motifs is 1. The molecule has 0 aliphatic carbocycles. The van der Waals surface area contributed by atoms with Crippen molar-refractivity contribution in [2.45, 2.75) is 13.8 Å². The summed E-state index contributed by atoms with van der Waals surface area (Å²) in [7, 11) is 0. The van der Waals surface area contributed by atoms with E-state index in [4.69, 9.17) is 9.84 Å². The van der Waals surface area contributed by atoms with E-state index < -0.39 is 17.2 Å². The summed E-state index contributed by atoms with van der Waals surface area (Å²) in [6.45, 7) is 2.61. The summed E-state index contributed by atoms with van der Waals surface area (Å²) in [5, 5.41) is 11.6. The van der Waals surface area contributed by atoms with Crippen LogP contribution in [0.4, 0.5) is 5.69 Å². The Morgan fingerprint density at radius 3 is 2.68 bits per heavy atom. The molecule has 1 aromatic carbocycles. The topological polar surface area (TPSA) is 92.7 Å². The average Bonchev–Trinajstić information content (AvgIpc) is 2.36. The van der Waals surface area contributed by atoms with Crippen molar-refractivity contribution in [2.75, 3.05) is 11.9 Å². The number of ketones is 1. The van der Waals surface area contributed by atoms with Crippen molar-refractivity contribution in [3.8, 4) is 5.75 Å². The van der Waals surface area contributed by atoms with Crippen molar-refractivity contribution < 1.29 is 24.2 Å². The fraction of sp³-hybridized carbons (Fsp3) is 0.308. The van der Waals surface area contributed by atoms with Gasteiger partial charge in [-0.3, -0.25) is 14.4 Å². The minimum absolute atomic E-state index is 0.0685. The van der Waals surface area contributed by atoms with Gasteiger partial charge in [-0.15, -0.1) is 0 Å². The smallest absolute Gasteiger partial charge is 0.316 e. The largest absolute Gasteiger partial charge is 0.482 e. The van der Waals surface area contributed by atoms with Gasteiger partial charge in [0.05, 0.1) is 5.69 Å². The summed E-state index contributed by atoms with van der Waals surface area (Å²) in [5.74, 6) is -1.57. The number of Topliss-reactive ketones (excluding diaryl/α,β-unsaturated/α-hetero) is 1. The van der Waals surface area contributed by atoms with E-state index in [0.717, 1.165) is 0 Å². The zero-order valence-corrected chi connectivity index (χ0v) is 10.5. The normalized spacial score (nSPS) is 14.1. The summed E-state index contributed by atoms with van der Waals surface area (Å²) in [5.41, 5.74) is -0.923. The van der Waals surface area contributed by atoms with Gasteiger partial charge in [0.25, 0.3) is 5.91 Å². The molecule has 6 heteroatoms. The molecule has 0 saturated carbocycles. The maximum atomic E-state index is 12.1. The van der Waals surface area contributed by atoms with Crippen molar-refractivity contribution in [3.63, 3.8) is 0 Å². The molecule has 0 saturated heterocycles. The highest BCUT2D eigenvalue weighted by molar-refractivity contribution is 6.12. The number of amides is 1. The first-order valence-corrected chi connectivity index (χ1v) is 5.67. The summed E-state index contributed by atoms with van der Waals surface area (Å²) >= 11 is 0. The second-order valence-electron chi connectivity index (χ2n) is 4.81. The van der Waals surface area contributed by atoms with Crippen LogP contribution < -0.4 is 10.1 Å². The fourth-order valence-corrected chi connectivity index (χ4v) is 1.68. The van der Waals surface area contributed by atoms with Crippen molar-refractivity contribution in [1.29, 1.82) is 0 Å². The zero-order chi connectivity index (χ0) is 14.2. The molecule has 19 heavy (non-hydrogen) atoms. The van der Waals surface area contributed by atoms with E-state index in [9.17, 15) is 14.4 Å². The van der Waals surface area contributed by atoms with Crippen LogP contribution in [-0.2, 0) is 9.59 Å². The Labute approximate surface area is 109 Å². The number of carbonyl (C=O) groups excluding carboxylic acids is 2. The Morgan fingerprint density at radius 1 is 1.37 bits per heavy atom. The molecule has 2 rings (SSSR count). The van der Waals surface area contributed by atoms with Crippen molar-refractivity contribution in [2.24, 2.45) is 5.41 Å². The number of hydrogen-bond donors (Lipinski definition) is 2. The van der Waals surface area contributed by atoms with E-state index in [1.165, 1.54) is 26.0 Å². The number of carboxylic acid groups (broad SMARTS) is 1. The second kappa shape index (κ2) is 4.38. The molecule has 0 aromatic heterocycles. The number of nitrogens with one attached hydrogen (secondary N) is 1. The van der Waals surface area contributed by atoms with Gasteiger partial charge in [-0.25, -0.2) is 0 Å². The summed E-state index contributed by atoms with van der Waals surface area (Å²) in [6.07, 6.45) is 0. The number of carbonyl (C=O) groups is 3. The monoisotopic (exact) mass is 263 g/mol. The Bertz CT molecular complexity index is 576. The fourth-order valence-electron chi connectivity index (χ4n) is 1.68. The van der Waals surface area contributed by atoms with E-state index in [1.54, 1.807) is 6.07 Å². The summed E-state index contributed by atoms with van der Waals surface area (Å²) in [4.78, 5) is 34.4. The van der Waals surface area contributed by atoms with E-state index in [0.29, 0.717) is 11.4 Å². The van der Waals surface area contributed by atoms with Gasteiger partial charge in [0.15, 0.2) is 12.4 Å². The lowest BCUT2D eigenvalue weighted by atomic mass is 9.84. The molecule has 1 aliphatic heterocycles. The van der Waals surface area contributed by atoms with Crippen LogP contribution in [0.1, 0.15) is 24.2 Å². The molecule has 0 spiro atoms. The van der Waals surface area contributed by atoms with Crippen molar-refractivity contribution in [3.05, 3.63) is 23.8 Å². The molecule has 0 radical (unpaired) electrons. The van der Waals surface area contributed by atoms with Crippen LogP contribution in [0, 0.1) is 5.41 Å². The lowest BCUT2D eigenvalue weighted by Gasteiger charge is -2.21. The Morgan fingerprint density at radius 2 is 2.05 bits per heavy atom. The van der Waals surface area contributed by atoms with E-state index in [1.807, 2.05) is 0 Å². The Balaban J connectivity index is 2.37. The van der Waals surface area contributed by atoms with E-state index in [2.05, 4.69) is 5.32 Å². The van der Waals surface area contributed by atoms with Gasteiger partial charge in [-0.2, -0.15) is 0 Å². The third-order valence-corrected chi connectivity index (χ3v) is 2.98. The molecule has 1 amide bonds. The Kier molecular flexibility index (Phi) is 3.01. The summed E-state index contributed by atoms with van der Waals surface area (Å²) < 4.78 is 5.16. The van der Waals surface area contributed by atoms with Gasteiger partial charge < -0.3 is 15.2 Å². The molecule has 1 heterocycles. The molecule has 6 nitrogen and oxygen atoms in total. The molecule has 0 unspecified atom stereocenters. The lowest BCUT2D eigenvalue weighted by molar-refractivity contribution is -0.144. The molecule has 1 aromatic rings. The SMILES string of the molecule is CC(C)(C(=O)O)C(=O)c1ccc2c(c1)NC(=O)CO2. The number of benzene rings is 1. The third-order valence-electron chi connectivity index (χ3n) is 2.98. The molecular formula is C13H13NO5. The number of carboxylic acids is 1. The maximum Gasteiger partial charge on any atom is 0.316 e. The molecule has 0 fully saturated rings. The molecule has 100 valence electrons.